The van der Waals surface area contributed by atoms with Crippen molar-refractivity contribution in [2.75, 3.05) is 0 Å². The number of hydrogen-bond donors (Lipinski definition) is 1. The summed E-state index contributed by atoms with van der Waals surface area (Å²) in [6.45, 7) is 4.01. The van der Waals surface area contributed by atoms with Crippen LogP contribution in [0.3, 0.4) is 0 Å². The van der Waals surface area contributed by atoms with Gasteiger partial charge in [0.05, 0.1) is 12.1 Å². The van der Waals surface area contributed by atoms with Gasteiger partial charge in [0.25, 0.3) is 0 Å². The van der Waals surface area contributed by atoms with Crippen LogP contribution in [0.1, 0.15) is 50.3 Å². The van der Waals surface area contributed by atoms with Crippen molar-refractivity contribution in [1.29, 1.82) is 5.26 Å². The highest BCUT2D eigenvalue weighted by Gasteiger charge is 2.40. The Morgan fingerprint density at radius 3 is 2.25 bits per heavy atom. The molecule has 0 aliphatic heterocycles. The fraction of sp³-hybridized carbons (Fsp3) is 0.333. The fourth-order valence-electron chi connectivity index (χ4n) is 2.87. The first kappa shape index (κ1) is 17.7. The number of amides is 1. The highest BCUT2D eigenvalue weighted by molar-refractivity contribution is 5.91. The smallest absolute Gasteiger partial charge is 0.245 e. The normalized spacial score (nSPS) is 14.2. The first-order chi connectivity index (χ1) is 11.6. The summed E-state index contributed by atoms with van der Waals surface area (Å²) in [6.07, 6.45) is 2.30. The number of benzene rings is 2. The lowest BCUT2D eigenvalue weighted by Gasteiger charge is -2.28. The molecular formula is C21H24N2O. The van der Waals surface area contributed by atoms with E-state index in [1.165, 1.54) is 0 Å². The van der Waals surface area contributed by atoms with Gasteiger partial charge < -0.3 is 5.32 Å². The Hall–Kier alpha value is -2.60. The molecule has 0 aromatic heterocycles. The van der Waals surface area contributed by atoms with E-state index < -0.39 is 5.41 Å². The molecule has 0 bridgehead atoms. The van der Waals surface area contributed by atoms with Crippen molar-refractivity contribution < 1.29 is 4.79 Å². The average molecular weight is 320 g/mol. The number of carbonyl (C=O) groups excluding carboxylic acids is 1. The zero-order valence-electron chi connectivity index (χ0n) is 14.3. The SMILES string of the molecule is CCCC[C@@](C#N)(C(=O)N[C@H](C)c1ccccc1)c1ccccc1. The fourth-order valence-corrected chi connectivity index (χ4v) is 2.87. The third-order valence-corrected chi connectivity index (χ3v) is 4.40. The quantitative estimate of drug-likeness (QED) is 0.815. The molecule has 0 spiro atoms. The highest BCUT2D eigenvalue weighted by atomic mass is 16.2. The molecule has 0 aliphatic rings. The first-order valence-corrected chi connectivity index (χ1v) is 8.46. The molecule has 1 N–H and O–H groups in total. The monoisotopic (exact) mass is 320 g/mol. The van der Waals surface area contributed by atoms with E-state index in [2.05, 4.69) is 18.3 Å². The van der Waals surface area contributed by atoms with Gasteiger partial charge in [-0.15, -0.1) is 0 Å². The zero-order chi connectivity index (χ0) is 17.4. The molecule has 2 rings (SSSR count). The standard InChI is InChI=1S/C21H24N2O/c1-3-4-15-21(16-22,19-13-9-6-10-14-19)20(24)23-17(2)18-11-7-5-8-12-18/h5-14,17H,3-4,15H2,1-2H3,(H,23,24)/t17-,21+/m1/s1. The maximum atomic E-state index is 13.1. The summed E-state index contributed by atoms with van der Waals surface area (Å²) in [7, 11) is 0. The molecule has 0 radical (unpaired) electrons. The molecule has 0 aliphatic carbocycles. The van der Waals surface area contributed by atoms with E-state index in [9.17, 15) is 10.1 Å². The number of rotatable bonds is 7. The van der Waals surface area contributed by atoms with Gasteiger partial charge in [-0.05, 0) is 24.5 Å². The Morgan fingerprint density at radius 2 is 1.71 bits per heavy atom. The number of nitrogens with one attached hydrogen (secondary N) is 1. The second-order valence-electron chi connectivity index (χ2n) is 6.09. The van der Waals surface area contributed by atoms with E-state index >= 15 is 0 Å². The summed E-state index contributed by atoms with van der Waals surface area (Å²) in [5, 5.41) is 12.9. The van der Waals surface area contributed by atoms with Crippen LogP contribution in [-0.4, -0.2) is 5.91 Å². The van der Waals surface area contributed by atoms with Crippen LogP contribution in [0.15, 0.2) is 60.7 Å². The van der Waals surface area contributed by atoms with Gasteiger partial charge in [-0.3, -0.25) is 4.79 Å². The maximum absolute atomic E-state index is 13.1. The molecule has 0 unspecified atom stereocenters. The summed E-state index contributed by atoms with van der Waals surface area (Å²) in [5.74, 6) is -0.221. The first-order valence-electron chi connectivity index (χ1n) is 8.46. The molecule has 0 saturated heterocycles. The molecule has 3 nitrogen and oxygen atoms in total. The third-order valence-electron chi connectivity index (χ3n) is 4.40. The number of hydrogen-bond acceptors (Lipinski definition) is 2. The molecule has 0 heterocycles. The molecule has 2 aromatic rings. The molecule has 0 fully saturated rings. The van der Waals surface area contributed by atoms with Crippen LogP contribution < -0.4 is 5.32 Å². The molecule has 3 heteroatoms. The third kappa shape index (κ3) is 3.83. The number of unbranched alkanes of at least 4 members (excludes halogenated alkanes) is 1. The molecule has 2 aromatic carbocycles. The summed E-state index contributed by atoms with van der Waals surface area (Å²) >= 11 is 0. The van der Waals surface area contributed by atoms with Gasteiger partial charge in [-0.25, -0.2) is 0 Å². The maximum Gasteiger partial charge on any atom is 0.245 e. The molecule has 24 heavy (non-hydrogen) atoms. The van der Waals surface area contributed by atoms with E-state index in [4.69, 9.17) is 0 Å². The van der Waals surface area contributed by atoms with Crippen molar-refractivity contribution in [3.63, 3.8) is 0 Å². The van der Waals surface area contributed by atoms with Crippen LogP contribution >= 0.6 is 0 Å². The Kier molecular flexibility index (Phi) is 6.14. The summed E-state index contributed by atoms with van der Waals surface area (Å²) in [6, 6.07) is 21.4. The topological polar surface area (TPSA) is 52.9 Å². The minimum Gasteiger partial charge on any atom is -0.348 e. The largest absolute Gasteiger partial charge is 0.348 e. The van der Waals surface area contributed by atoms with Crippen LogP contribution in [0.4, 0.5) is 0 Å². The van der Waals surface area contributed by atoms with Crippen LogP contribution in [0.2, 0.25) is 0 Å². The van der Waals surface area contributed by atoms with Crippen LogP contribution in [0, 0.1) is 11.3 Å². The molecule has 0 saturated carbocycles. The Balaban J connectivity index is 2.30. The van der Waals surface area contributed by atoms with Crippen molar-refractivity contribution in [3.8, 4) is 6.07 Å². The van der Waals surface area contributed by atoms with Crippen LogP contribution in [0.5, 0.6) is 0 Å². The lowest BCUT2D eigenvalue weighted by Crippen LogP contribution is -2.44. The van der Waals surface area contributed by atoms with Crippen molar-refractivity contribution in [1.82, 2.24) is 5.32 Å². The van der Waals surface area contributed by atoms with Gasteiger partial charge in [-0.1, -0.05) is 80.4 Å². The van der Waals surface area contributed by atoms with E-state index in [0.29, 0.717) is 6.42 Å². The molecule has 124 valence electrons. The second-order valence-corrected chi connectivity index (χ2v) is 6.09. The van der Waals surface area contributed by atoms with E-state index in [1.807, 2.05) is 67.6 Å². The predicted molar refractivity (Wildman–Crippen MR) is 96.3 cm³/mol. The van der Waals surface area contributed by atoms with Gasteiger partial charge in [0, 0.05) is 0 Å². The van der Waals surface area contributed by atoms with Gasteiger partial charge in [0.1, 0.15) is 0 Å². The second kappa shape index (κ2) is 8.31. The Labute approximate surface area is 144 Å². The average Bonchev–Trinajstić information content (AvgIpc) is 2.64. The van der Waals surface area contributed by atoms with Crippen LogP contribution in [0.25, 0.3) is 0 Å². The van der Waals surface area contributed by atoms with Crippen LogP contribution in [-0.2, 0) is 10.2 Å². The zero-order valence-corrected chi connectivity index (χ0v) is 14.3. The van der Waals surface area contributed by atoms with Gasteiger partial charge >= 0.3 is 0 Å². The summed E-state index contributed by atoms with van der Waals surface area (Å²) in [4.78, 5) is 13.1. The van der Waals surface area contributed by atoms with E-state index in [-0.39, 0.29) is 11.9 Å². The van der Waals surface area contributed by atoms with E-state index in [1.54, 1.807) is 0 Å². The molecule has 1 amide bonds. The predicted octanol–water partition coefficient (Wildman–Crippen LogP) is 4.52. The number of nitrogens with zero attached hydrogens (tertiary/aromatic N) is 1. The van der Waals surface area contributed by atoms with Gasteiger partial charge in [0.15, 0.2) is 5.41 Å². The summed E-state index contributed by atoms with van der Waals surface area (Å²) in [5.41, 5.74) is 0.653. The highest BCUT2D eigenvalue weighted by Crippen LogP contribution is 2.31. The van der Waals surface area contributed by atoms with E-state index in [0.717, 1.165) is 24.0 Å². The molecular weight excluding hydrogens is 296 g/mol. The van der Waals surface area contributed by atoms with Crippen molar-refractivity contribution >= 4 is 5.91 Å². The van der Waals surface area contributed by atoms with Crippen molar-refractivity contribution in [3.05, 3.63) is 71.8 Å². The Morgan fingerprint density at radius 1 is 1.12 bits per heavy atom. The lowest BCUT2D eigenvalue weighted by molar-refractivity contribution is -0.125. The van der Waals surface area contributed by atoms with Crippen molar-refractivity contribution in [2.24, 2.45) is 0 Å². The minimum atomic E-state index is -1.14. The Bertz CT molecular complexity index is 691. The van der Waals surface area contributed by atoms with Crippen molar-refractivity contribution in [2.45, 2.75) is 44.6 Å². The molecule has 2 atom stereocenters. The summed E-state index contributed by atoms with van der Waals surface area (Å²) < 4.78 is 0. The number of nitriles is 1. The van der Waals surface area contributed by atoms with Gasteiger partial charge in [-0.2, -0.15) is 5.26 Å². The minimum absolute atomic E-state index is 0.142. The number of carbonyl (C=O) groups is 1. The lowest BCUT2D eigenvalue weighted by atomic mass is 9.76. The van der Waals surface area contributed by atoms with Gasteiger partial charge in [0.2, 0.25) is 5.91 Å².